The number of hydrogen-bond donors (Lipinski definition) is 2. The normalized spacial score (nSPS) is 17.2. The first-order valence-electron chi connectivity index (χ1n) is 7.08. The van der Waals surface area contributed by atoms with Crippen LogP contribution < -0.4 is 10.1 Å². The van der Waals surface area contributed by atoms with Crippen LogP contribution in [0.5, 0.6) is 11.5 Å². The zero-order valence-electron chi connectivity index (χ0n) is 12.9. The van der Waals surface area contributed by atoms with Crippen molar-refractivity contribution in [3.05, 3.63) is 56.4 Å². The lowest BCUT2D eigenvalue weighted by atomic mass is 10.2. The van der Waals surface area contributed by atoms with Crippen molar-refractivity contribution in [1.29, 1.82) is 0 Å². The molecule has 0 spiro atoms. The summed E-state index contributed by atoms with van der Waals surface area (Å²) in [5, 5.41) is 13.5. The molecule has 0 unspecified atom stereocenters. The third-order valence-electron chi connectivity index (χ3n) is 3.29. The number of carbonyl (C=O) groups excluding carboxylic acids is 1. The Balaban J connectivity index is 1.90. The Morgan fingerprint density at radius 1 is 1.36 bits per heavy atom. The molecule has 1 aliphatic heterocycles. The van der Waals surface area contributed by atoms with Gasteiger partial charge >= 0.3 is 0 Å². The number of ether oxygens (including phenoxy) is 1. The fraction of sp³-hybridized carbons (Fsp3) is 0.0588. The fourth-order valence-electron chi connectivity index (χ4n) is 2.12. The number of nitrogens with one attached hydrogen (secondary N) is 1. The summed E-state index contributed by atoms with van der Waals surface area (Å²) in [6.45, 7) is 0. The van der Waals surface area contributed by atoms with Crippen molar-refractivity contribution in [3.63, 3.8) is 0 Å². The Morgan fingerprint density at radius 2 is 2.12 bits per heavy atom. The highest BCUT2D eigenvalue weighted by molar-refractivity contribution is 9.10. The molecular weight excluding hydrogens is 428 g/mol. The second kappa shape index (κ2) is 7.51. The number of amides is 1. The summed E-state index contributed by atoms with van der Waals surface area (Å²) in [5.41, 5.74) is 1.29. The average molecular weight is 440 g/mol. The van der Waals surface area contributed by atoms with Crippen LogP contribution >= 0.6 is 39.3 Å². The number of hydrogen-bond acceptors (Lipinski definition) is 5. The molecule has 128 valence electrons. The van der Waals surface area contributed by atoms with E-state index in [4.69, 9.17) is 16.3 Å². The molecular formula is C17H12BrClN2O3S. The molecule has 25 heavy (non-hydrogen) atoms. The van der Waals surface area contributed by atoms with Gasteiger partial charge in [0.1, 0.15) is 0 Å². The Hall–Kier alpha value is -1.96. The number of thioether (sulfide) groups is 1. The van der Waals surface area contributed by atoms with E-state index in [1.807, 2.05) is 12.1 Å². The van der Waals surface area contributed by atoms with Crippen LogP contribution in [-0.2, 0) is 4.79 Å². The van der Waals surface area contributed by atoms with Crippen molar-refractivity contribution in [2.75, 3.05) is 7.11 Å². The number of carbonyl (C=O) groups is 1. The van der Waals surface area contributed by atoms with Crippen molar-refractivity contribution in [1.82, 2.24) is 5.32 Å². The van der Waals surface area contributed by atoms with E-state index in [1.54, 1.807) is 30.3 Å². The number of amidine groups is 1. The number of para-hydroxylation sites is 1. The van der Waals surface area contributed by atoms with Gasteiger partial charge in [-0.2, -0.15) is 0 Å². The van der Waals surface area contributed by atoms with Gasteiger partial charge in [0.05, 0.1) is 27.2 Å². The standard InChI is InChI=1S/C17H12BrClN2O3S/c1-24-13-7-9(6-10(18)15(13)22)8-14-16(23)21-17(25-14)20-12-5-3-2-4-11(12)19/h2-8,22H,1H3,(H,20,21,23)/b14-8+. The zero-order chi connectivity index (χ0) is 18.0. The summed E-state index contributed by atoms with van der Waals surface area (Å²) in [5.74, 6) is 0.0719. The Bertz CT molecular complexity index is 915. The molecule has 1 fully saturated rings. The molecule has 2 aromatic rings. The number of rotatable bonds is 3. The first kappa shape index (κ1) is 17.8. The lowest BCUT2D eigenvalue weighted by Gasteiger charge is -2.06. The molecule has 1 saturated heterocycles. The van der Waals surface area contributed by atoms with Gasteiger partial charge in [-0.25, -0.2) is 4.99 Å². The van der Waals surface area contributed by atoms with E-state index in [0.29, 0.717) is 36.6 Å². The number of phenols is 1. The monoisotopic (exact) mass is 438 g/mol. The minimum absolute atomic E-state index is 0.00847. The van der Waals surface area contributed by atoms with Crippen LogP contribution in [0.15, 0.2) is 50.8 Å². The number of halogens is 2. The van der Waals surface area contributed by atoms with Crippen LogP contribution in [0.4, 0.5) is 5.69 Å². The van der Waals surface area contributed by atoms with Gasteiger partial charge in [0.2, 0.25) is 0 Å². The van der Waals surface area contributed by atoms with Gasteiger partial charge in [0, 0.05) is 0 Å². The maximum absolute atomic E-state index is 12.2. The minimum Gasteiger partial charge on any atom is -0.503 e. The zero-order valence-corrected chi connectivity index (χ0v) is 16.1. The highest BCUT2D eigenvalue weighted by atomic mass is 79.9. The average Bonchev–Trinajstić information content (AvgIpc) is 2.92. The largest absolute Gasteiger partial charge is 0.503 e. The SMILES string of the molecule is COc1cc(/C=C2/SC(=Nc3ccccc3Cl)NC2=O)cc(Br)c1O. The van der Waals surface area contributed by atoms with Gasteiger partial charge in [-0.1, -0.05) is 23.7 Å². The summed E-state index contributed by atoms with van der Waals surface area (Å²) >= 11 is 10.6. The number of nitrogens with zero attached hydrogens (tertiary/aromatic N) is 1. The van der Waals surface area contributed by atoms with E-state index in [2.05, 4.69) is 26.2 Å². The van der Waals surface area contributed by atoms with Crippen LogP contribution in [-0.4, -0.2) is 23.3 Å². The molecule has 0 radical (unpaired) electrons. The quantitative estimate of drug-likeness (QED) is 0.680. The Labute approximate surface area is 161 Å². The summed E-state index contributed by atoms with van der Waals surface area (Å²) < 4.78 is 5.59. The van der Waals surface area contributed by atoms with Gasteiger partial charge in [0.25, 0.3) is 5.91 Å². The maximum Gasteiger partial charge on any atom is 0.264 e. The van der Waals surface area contributed by atoms with Crippen molar-refractivity contribution in [2.24, 2.45) is 4.99 Å². The smallest absolute Gasteiger partial charge is 0.264 e. The second-order valence-electron chi connectivity index (χ2n) is 4.99. The van der Waals surface area contributed by atoms with Crippen molar-refractivity contribution in [2.45, 2.75) is 0 Å². The lowest BCUT2D eigenvalue weighted by molar-refractivity contribution is -0.115. The lowest BCUT2D eigenvalue weighted by Crippen LogP contribution is -2.19. The molecule has 0 aliphatic carbocycles. The molecule has 0 saturated carbocycles. The second-order valence-corrected chi connectivity index (χ2v) is 7.28. The first-order chi connectivity index (χ1) is 12.0. The van der Waals surface area contributed by atoms with Crippen LogP contribution in [0, 0.1) is 0 Å². The number of benzene rings is 2. The number of aromatic hydroxyl groups is 1. The van der Waals surface area contributed by atoms with Crippen LogP contribution in [0.3, 0.4) is 0 Å². The molecule has 8 heteroatoms. The van der Waals surface area contributed by atoms with Crippen LogP contribution in [0.2, 0.25) is 5.02 Å². The Morgan fingerprint density at radius 3 is 2.84 bits per heavy atom. The highest BCUT2D eigenvalue weighted by Crippen LogP contribution is 2.37. The van der Waals surface area contributed by atoms with Gasteiger partial charge in [-0.15, -0.1) is 0 Å². The van der Waals surface area contributed by atoms with Crippen LogP contribution in [0.25, 0.3) is 6.08 Å². The summed E-state index contributed by atoms with van der Waals surface area (Å²) in [7, 11) is 1.46. The molecule has 0 atom stereocenters. The van der Waals surface area contributed by atoms with E-state index < -0.39 is 0 Å². The molecule has 1 aliphatic rings. The van der Waals surface area contributed by atoms with Crippen LogP contribution in [0.1, 0.15) is 5.56 Å². The van der Waals surface area contributed by atoms with E-state index in [0.717, 1.165) is 0 Å². The predicted molar refractivity (Wildman–Crippen MR) is 105 cm³/mol. The minimum atomic E-state index is -0.251. The molecule has 2 aromatic carbocycles. The van der Waals surface area contributed by atoms with Gasteiger partial charge in [-0.3, -0.25) is 4.79 Å². The molecule has 5 nitrogen and oxygen atoms in total. The number of phenolic OH excluding ortho intramolecular Hbond substituents is 1. The fourth-order valence-corrected chi connectivity index (χ4v) is 3.59. The van der Waals surface area contributed by atoms with Gasteiger partial charge in [-0.05, 0) is 63.6 Å². The van der Waals surface area contributed by atoms with Gasteiger partial charge in [0.15, 0.2) is 16.7 Å². The third-order valence-corrected chi connectivity index (χ3v) is 5.13. The molecule has 0 aromatic heterocycles. The summed E-state index contributed by atoms with van der Waals surface area (Å²) in [6, 6.07) is 10.5. The van der Waals surface area contributed by atoms with Crippen molar-refractivity contribution < 1.29 is 14.6 Å². The van der Waals surface area contributed by atoms with Gasteiger partial charge < -0.3 is 15.2 Å². The van der Waals surface area contributed by atoms with E-state index in [-0.39, 0.29) is 11.7 Å². The highest BCUT2D eigenvalue weighted by Gasteiger charge is 2.24. The number of methoxy groups -OCH3 is 1. The topological polar surface area (TPSA) is 70.9 Å². The van der Waals surface area contributed by atoms with Crippen molar-refractivity contribution >= 4 is 62.1 Å². The van der Waals surface area contributed by atoms with E-state index in [1.165, 1.54) is 18.9 Å². The predicted octanol–water partition coefficient (Wildman–Crippen LogP) is 4.71. The third kappa shape index (κ3) is 4.00. The molecule has 2 N–H and O–H groups in total. The summed E-state index contributed by atoms with van der Waals surface area (Å²) in [4.78, 5) is 17.0. The molecule has 0 bridgehead atoms. The van der Waals surface area contributed by atoms with E-state index in [9.17, 15) is 9.90 Å². The molecule has 1 amide bonds. The first-order valence-corrected chi connectivity index (χ1v) is 9.07. The molecule has 1 heterocycles. The maximum atomic E-state index is 12.2. The Kier molecular flexibility index (Phi) is 5.36. The summed E-state index contributed by atoms with van der Waals surface area (Å²) in [6.07, 6.45) is 1.70. The van der Waals surface area contributed by atoms with E-state index >= 15 is 0 Å². The molecule has 3 rings (SSSR count). The number of aliphatic imine (C=N–C) groups is 1. The van der Waals surface area contributed by atoms with Crippen molar-refractivity contribution in [3.8, 4) is 11.5 Å².